The molecule has 5 heteroatoms. The van der Waals surface area contributed by atoms with Crippen molar-refractivity contribution in [1.82, 2.24) is 5.32 Å². The van der Waals surface area contributed by atoms with E-state index in [-0.39, 0.29) is 24.3 Å². The van der Waals surface area contributed by atoms with Crippen LogP contribution < -0.4 is 5.32 Å². The van der Waals surface area contributed by atoms with Gasteiger partial charge in [-0.3, -0.25) is 4.79 Å². The number of rotatable bonds is 7. The molecule has 0 spiro atoms. The maximum absolute atomic E-state index is 12.0. The summed E-state index contributed by atoms with van der Waals surface area (Å²) in [6, 6.07) is 5.18. The van der Waals surface area contributed by atoms with Gasteiger partial charge < -0.3 is 10.4 Å². The van der Waals surface area contributed by atoms with Gasteiger partial charge in [0.05, 0.1) is 13.0 Å². The fraction of sp³-hybridized carbons (Fsp3) is 0.533. The van der Waals surface area contributed by atoms with E-state index >= 15 is 0 Å². The van der Waals surface area contributed by atoms with Crippen LogP contribution >= 0.6 is 23.2 Å². The van der Waals surface area contributed by atoms with Crippen molar-refractivity contribution in [3.63, 3.8) is 0 Å². The van der Waals surface area contributed by atoms with E-state index in [1.165, 1.54) is 0 Å². The van der Waals surface area contributed by atoms with Gasteiger partial charge in [-0.15, -0.1) is 0 Å². The van der Waals surface area contributed by atoms with E-state index in [2.05, 4.69) is 5.32 Å². The number of hydrogen-bond donors (Lipinski definition) is 2. The fourth-order valence-electron chi connectivity index (χ4n) is 1.99. The standard InChI is InChI=1S/C15H21Cl2NO2/c1-3-15(4-2,10-19)9-18-14(20)8-11-12(16)6-5-7-13(11)17/h5-7,19H,3-4,8-10H2,1-2H3,(H,18,20). The molecule has 0 bridgehead atoms. The lowest BCUT2D eigenvalue weighted by molar-refractivity contribution is -0.121. The summed E-state index contributed by atoms with van der Waals surface area (Å²) < 4.78 is 0. The number of benzene rings is 1. The van der Waals surface area contributed by atoms with Crippen molar-refractivity contribution in [3.8, 4) is 0 Å². The monoisotopic (exact) mass is 317 g/mol. The zero-order chi connectivity index (χ0) is 15.2. The van der Waals surface area contributed by atoms with Gasteiger partial charge in [-0.1, -0.05) is 43.1 Å². The molecule has 0 fully saturated rings. The maximum Gasteiger partial charge on any atom is 0.224 e. The van der Waals surface area contributed by atoms with E-state index in [0.29, 0.717) is 22.2 Å². The number of carbonyl (C=O) groups is 1. The van der Waals surface area contributed by atoms with Crippen LogP contribution in [0, 0.1) is 5.41 Å². The largest absolute Gasteiger partial charge is 0.396 e. The van der Waals surface area contributed by atoms with Gasteiger partial charge in [0, 0.05) is 22.0 Å². The van der Waals surface area contributed by atoms with Crippen LogP contribution in [0.1, 0.15) is 32.3 Å². The number of carbonyl (C=O) groups excluding carboxylic acids is 1. The van der Waals surface area contributed by atoms with Crippen LogP contribution in [0.3, 0.4) is 0 Å². The summed E-state index contributed by atoms with van der Waals surface area (Å²) in [6.07, 6.45) is 1.77. The molecule has 1 amide bonds. The summed E-state index contributed by atoms with van der Waals surface area (Å²) in [5.74, 6) is -0.139. The Morgan fingerprint density at radius 2 is 1.80 bits per heavy atom. The van der Waals surface area contributed by atoms with Crippen molar-refractivity contribution in [1.29, 1.82) is 0 Å². The second-order valence-corrected chi connectivity index (χ2v) is 5.83. The van der Waals surface area contributed by atoms with Crippen molar-refractivity contribution in [2.24, 2.45) is 5.41 Å². The Bertz CT molecular complexity index is 431. The summed E-state index contributed by atoms with van der Waals surface area (Å²) in [6.45, 7) is 4.54. The molecule has 1 aromatic carbocycles. The molecule has 0 saturated heterocycles. The van der Waals surface area contributed by atoms with Gasteiger partial charge in [0.1, 0.15) is 0 Å². The molecular formula is C15H21Cl2NO2. The Kier molecular flexibility index (Phi) is 6.80. The first-order valence-electron chi connectivity index (χ1n) is 6.78. The molecule has 112 valence electrons. The highest BCUT2D eigenvalue weighted by Gasteiger charge is 2.25. The Hall–Kier alpha value is -0.770. The average molecular weight is 318 g/mol. The first-order chi connectivity index (χ1) is 9.48. The third-order valence-corrected chi connectivity index (χ3v) is 4.60. The van der Waals surface area contributed by atoms with Gasteiger partial charge in [0.25, 0.3) is 0 Å². The third kappa shape index (κ3) is 4.37. The highest BCUT2D eigenvalue weighted by molar-refractivity contribution is 6.36. The molecule has 1 rings (SSSR count). The quantitative estimate of drug-likeness (QED) is 0.809. The summed E-state index contributed by atoms with van der Waals surface area (Å²) >= 11 is 12.1. The first-order valence-corrected chi connectivity index (χ1v) is 7.54. The number of amides is 1. The van der Waals surface area contributed by atoms with Crippen LogP contribution in [0.25, 0.3) is 0 Å². The van der Waals surface area contributed by atoms with Crippen molar-refractivity contribution in [3.05, 3.63) is 33.8 Å². The van der Waals surface area contributed by atoms with E-state index in [1.54, 1.807) is 18.2 Å². The van der Waals surface area contributed by atoms with E-state index in [0.717, 1.165) is 12.8 Å². The van der Waals surface area contributed by atoms with Gasteiger partial charge in [-0.25, -0.2) is 0 Å². The zero-order valence-corrected chi connectivity index (χ0v) is 13.4. The van der Waals surface area contributed by atoms with Crippen molar-refractivity contribution in [2.75, 3.05) is 13.2 Å². The topological polar surface area (TPSA) is 49.3 Å². The molecule has 1 aromatic rings. The number of aliphatic hydroxyl groups is 1. The lowest BCUT2D eigenvalue weighted by Gasteiger charge is -2.29. The smallest absolute Gasteiger partial charge is 0.224 e. The van der Waals surface area contributed by atoms with Gasteiger partial charge in [0.2, 0.25) is 5.91 Å². The maximum atomic E-state index is 12.0. The van der Waals surface area contributed by atoms with Crippen LogP contribution in [0.5, 0.6) is 0 Å². The predicted molar refractivity (Wildman–Crippen MR) is 83.3 cm³/mol. The lowest BCUT2D eigenvalue weighted by atomic mass is 9.83. The molecule has 0 aliphatic carbocycles. The second-order valence-electron chi connectivity index (χ2n) is 5.02. The van der Waals surface area contributed by atoms with Crippen molar-refractivity contribution in [2.45, 2.75) is 33.1 Å². The molecule has 0 heterocycles. The Morgan fingerprint density at radius 1 is 1.25 bits per heavy atom. The second kappa shape index (κ2) is 7.87. The Morgan fingerprint density at radius 3 is 2.25 bits per heavy atom. The number of halogens is 2. The molecule has 20 heavy (non-hydrogen) atoms. The minimum absolute atomic E-state index is 0.0626. The summed E-state index contributed by atoms with van der Waals surface area (Å²) in [7, 11) is 0. The molecule has 0 atom stereocenters. The van der Waals surface area contributed by atoms with Gasteiger partial charge in [-0.05, 0) is 30.5 Å². The number of nitrogens with one attached hydrogen (secondary N) is 1. The molecule has 0 radical (unpaired) electrons. The summed E-state index contributed by atoms with van der Waals surface area (Å²) in [5.41, 5.74) is 0.385. The van der Waals surface area contributed by atoms with E-state index in [1.807, 2.05) is 13.8 Å². The number of aliphatic hydroxyl groups excluding tert-OH is 1. The van der Waals surface area contributed by atoms with E-state index < -0.39 is 0 Å². The van der Waals surface area contributed by atoms with Gasteiger partial charge in [-0.2, -0.15) is 0 Å². The Balaban J connectivity index is 2.65. The average Bonchev–Trinajstić information content (AvgIpc) is 2.45. The SMILES string of the molecule is CCC(CC)(CO)CNC(=O)Cc1c(Cl)cccc1Cl. The highest BCUT2D eigenvalue weighted by Crippen LogP contribution is 2.26. The predicted octanol–water partition coefficient (Wildman–Crippen LogP) is 3.45. The molecule has 0 aromatic heterocycles. The molecule has 2 N–H and O–H groups in total. The van der Waals surface area contributed by atoms with Crippen LogP contribution in [0.4, 0.5) is 0 Å². The van der Waals surface area contributed by atoms with E-state index in [4.69, 9.17) is 23.2 Å². The third-order valence-electron chi connectivity index (χ3n) is 3.89. The first kappa shape index (κ1) is 17.3. The molecule has 0 aliphatic rings. The Labute approximate surface area is 130 Å². The zero-order valence-electron chi connectivity index (χ0n) is 11.9. The molecule has 0 saturated carbocycles. The van der Waals surface area contributed by atoms with Gasteiger partial charge in [0.15, 0.2) is 0 Å². The van der Waals surface area contributed by atoms with Crippen LogP contribution in [0.15, 0.2) is 18.2 Å². The van der Waals surface area contributed by atoms with Crippen molar-refractivity contribution >= 4 is 29.1 Å². The minimum Gasteiger partial charge on any atom is -0.396 e. The normalized spacial score (nSPS) is 11.4. The van der Waals surface area contributed by atoms with Crippen LogP contribution in [-0.4, -0.2) is 24.2 Å². The summed E-state index contributed by atoms with van der Waals surface area (Å²) in [5, 5.41) is 13.3. The molecule has 3 nitrogen and oxygen atoms in total. The minimum atomic E-state index is -0.250. The van der Waals surface area contributed by atoms with Crippen molar-refractivity contribution < 1.29 is 9.90 Å². The van der Waals surface area contributed by atoms with E-state index in [9.17, 15) is 9.90 Å². The fourth-order valence-corrected chi connectivity index (χ4v) is 2.52. The molecule has 0 unspecified atom stereocenters. The summed E-state index contributed by atoms with van der Waals surface area (Å²) in [4.78, 5) is 12.0. The molecule has 0 aliphatic heterocycles. The molecular weight excluding hydrogens is 297 g/mol. The van der Waals surface area contributed by atoms with Crippen LogP contribution in [-0.2, 0) is 11.2 Å². The lowest BCUT2D eigenvalue weighted by Crippen LogP contribution is -2.40. The van der Waals surface area contributed by atoms with Gasteiger partial charge >= 0.3 is 0 Å². The van der Waals surface area contributed by atoms with Crippen LogP contribution in [0.2, 0.25) is 10.0 Å². The number of hydrogen-bond acceptors (Lipinski definition) is 2. The highest BCUT2D eigenvalue weighted by atomic mass is 35.5.